The number of aryl methyl sites for hydroxylation is 1. The van der Waals surface area contributed by atoms with E-state index in [1.54, 1.807) is 13.2 Å². The number of halogens is 1. The van der Waals surface area contributed by atoms with Crippen molar-refractivity contribution in [1.82, 2.24) is 4.90 Å². The summed E-state index contributed by atoms with van der Waals surface area (Å²) < 4.78 is 20.8. The van der Waals surface area contributed by atoms with Gasteiger partial charge in [0.05, 0.1) is 5.60 Å². The van der Waals surface area contributed by atoms with Gasteiger partial charge in [0.2, 0.25) is 0 Å². The number of carbonyl (C=O) groups is 1. The second-order valence-electron chi connectivity index (χ2n) is 10.9. The van der Waals surface area contributed by atoms with Crippen molar-refractivity contribution in [1.29, 1.82) is 0 Å². The van der Waals surface area contributed by atoms with Gasteiger partial charge in [0.15, 0.2) is 0 Å². The fraction of sp³-hybridized carbons (Fsp3) is 0.441. The van der Waals surface area contributed by atoms with Crippen molar-refractivity contribution in [2.45, 2.75) is 57.5 Å². The minimum atomic E-state index is -1.23. The SMILES string of the molecule is CCc1cccc(-c2c(F)cccc2[C@](O)(CCCCOC)C2CCN(C(=O)c3ccc(CCN)cc3)CC2)c1. The van der Waals surface area contributed by atoms with E-state index in [9.17, 15) is 9.90 Å². The number of hydrogen-bond acceptors (Lipinski definition) is 4. The number of likely N-dealkylation sites (tertiary alicyclic amines) is 1. The number of amides is 1. The minimum absolute atomic E-state index is 0.00390. The smallest absolute Gasteiger partial charge is 0.253 e. The zero-order valence-electron chi connectivity index (χ0n) is 23.9. The molecule has 3 N–H and O–H groups in total. The van der Waals surface area contributed by atoms with Gasteiger partial charge >= 0.3 is 0 Å². The molecule has 0 unspecified atom stereocenters. The Hall–Kier alpha value is -3.06. The number of benzene rings is 3. The third kappa shape index (κ3) is 6.80. The van der Waals surface area contributed by atoms with Crippen LogP contribution in [-0.4, -0.2) is 49.3 Å². The van der Waals surface area contributed by atoms with Gasteiger partial charge in [-0.05, 0) is 97.9 Å². The Morgan fingerprint density at radius 1 is 1.05 bits per heavy atom. The van der Waals surface area contributed by atoms with Crippen molar-refractivity contribution in [2.24, 2.45) is 11.7 Å². The molecule has 1 saturated heterocycles. The lowest BCUT2D eigenvalue weighted by molar-refractivity contribution is -0.0551. The van der Waals surface area contributed by atoms with Gasteiger partial charge in [0.1, 0.15) is 5.82 Å². The first-order valence-corrected chi connectivity index (χ1v) is 14.6. The van der Waals surface area contributed by atoms with E-state index in [2.05, 4.69) is 6.92 Å². The summed E-state index contributed by atoms with van der Waals surface area (Å²) in [6, 6.07) is 20.7. The maximum atomic E-state index is 15.6. The third-order valence-corrected chi connectivity index (χ3v) is 8.35. The molecule has 40 heavy (non-hydrogen) atoms. The van der Waals surface area contributed by atoms with Gasteiger partial charge in [0, 0.05) is 37.9 Å². The molecule has 1 heterocycles. The van der Waals surface area contributed by atoms with Crippen LogP contribution in [0.25, 0.3) is 11.1 Å². The molecule has 0 radical (unpaired) electrons. The molecule has 1 aliphatic heterocycles. The lowest BCUT2D eigenvalue weighted by atomic mass is 9.71. The topological polar surface area (TPSA) is 75.8 Å². The molecule has 0 bridgehead atoms. The normalized spacial score (nSPS) is 15.7. The highest BCUT2D eigenvalue weighted by Gasteiger charge is 2.42. The molecular weight excluding hydrogens is 503 g/mol. The molecule has 0 saturated carbocycles. The molecule has 1 amide bonds. The summed E-state index contributed by atoms with van der Waals surface area (Å²) in [6.07, 6.45) is 4.98. The molecule has 5 nitrogen and oxygen atoms in total. The van der Waals surface area contributed by atoms with Crippen LogP contribution in [0.1, 0.15) is 66.1 Å². The van der Waals surface area contributed by atoms with Gasteiger partial charge in [0.25, 0.3) is 5.91 Å². The van der Waals surface area contributed by atoms with E-state index < -0.39 is 5.60 Å². The van der Waals surface area contributed by atoms with Crippen LogP contribution in [0.4, 0.5) is 4.39 Å². The highest BCUT2D eigenvalue weighted by atomic mass is 19.1. The van der Waals surface area contributed by atoms with Gasteiger partial charge in [-0.3, -0.25) is 4.79 Å². The van der Waals surface area contributed by atoms with E-state index in [4.69, 9.17) is 10.5 Å². The minimum Gasteiger partial charge on any atom is -0.385 e. The van der Waals surface area contributed by atoms with Crippen LogP contribution in [0, 0.1) is 11.7 Å². The average molecular weight is 547 g/mol. The quantitative estimate of drug-likeness (QED) is 0.269. The van der Waals surface area contributed by atoms with Crippen LogP contribution in [0.15, 0.2) is 66.7 Å². The second kappa shape index (κ2) is 14.0. The third-order valence-electron chi connectivity index (χ3n) is 8.35. The molecule has 214 valence electrons. The van der Waals surface area contributed by atoms with Crippen molar-refractivity contribution >= 4 is 5.91 Å². The zero-order valence-corrected chi connectivity index (χ0v) is 23.9. The summed E-state index contributed by atoms with van der Waals surface area (Å²) >= 11 is 0. The summed E-state index contributed by atoms with van der Waals surface area (Å²) in [5.74, 6) is -0.433. The lowest BCUT2D eigenvalue weighted by Crippen LogP contribution is -2.45. The molecule has 0 aromatic heterocycles. The number of hydrogen-bond donors (Lipinski definition) is 2. The van der Waals surface area contributed by atoms with Crippen molar-refractivity contribution in [3.05, 3.63) is 94.8 Å². The monoisotopic (exact) mass is 546 g/mol. The number of aliphatic hydroxyl groups is 1. The fourth-order valence-electron chi connectivity index (χ4n) is 6.05. The van der Waals surface area contributed by atoms with Crippen LogP contribution in [0.2, 0.25) is 0 Å². The molecule has 1 aliphatic rings. The van der Waals surface area contributed by atoms with Gasteiger partial charge < -0.3 is 20.5 Å². The Kier molecular flexibility index (Phi) is 10.5. The Labute approximate surface area is 238 Å². The largest absolute Gasteiger partial charge is 0.385 e. The summed E-state index contributed by atoms with van der Waals surface area (Å²) in [4.78, 5) is 15.1. The predicted molar refractivity (Wildman–Crippen MR) is 159 cm³/mol. The maximum Gasteiger partial charge on any atom is 0.253 e. The van der Waals surface area contributed by atoms with E-state index >= 15 is 4.39 Å². The fourth-order valence-corrected chi connectivity index (χ4v) is 6.05. The highest BCUT2D eigenvalue weighted by molar-refractivity contribution is 5.94. The van der Waals surface area contributed by atoms with Gasteiger partial charge in [-0.2, -0.15) is 0 Å². The van der Waals surface area contributed by atoms with Crippen LogP contribution < -0.4 is 5.73 Å². The Morgan fingerprint density at radius 3 is 2.45 bits per heavy atom. The van der Waals surface area contributed by atoms with Crippen molar-refractivity contribution in [3.63, 3.8) is 0 Å². The van der Waals surface area contributed by atoms with E-state index in [0.717, 1.165) is 42.4 Å². The molecule has 3 aromatic carbocycles. The number of methoxy groups -OCH3 is 1. The number of nitrogens with two attached hydrogens (primary N) is 1. The molecule has 0 aliphatic carbocycles. The predicted octanol–water partition coefficient (Wildman–Crippen LogP) is 6.11. The first-order valence-electron chi connectivity index (χ1n) is 14.6. The molecular formula is C34H43FN2O3. The Bertz CT molecular complexity index is 1250. The van der Waals surface area contributed by atoms with E-state index in [1.807, 2.05) is 59.5 Å². The molecule has 3 aromatic rings. The van der Waals surface area contributed by atoms with Crippen LogP contribution in [0.3, 0.4) is 0 Å². The molecule has 1 fully saturated rings. The number of unbranched alkanes of at least 4 members (excludes halogenated alkanes) is 1. The lowest BCUT2D eigenvalue weighted by Gasteiger charge is -2.43. The number of nitrogens with zero attached hydrogens (tertiary/aromatic N) is 1. The first kappa shape index (κ1) is 29.9. The summed E-state index contributed by atoms with van der Waals surface area (Å²) in [5.41, 5.74) is 9.22. The molecule has 4 rings (SSSR count). The zero-order chi connectivity index (χ0) is 28.5. The van der Waals surface area contributed by atoms with Crippen molar-refractivity contribution < 1.29 is 19.0 Å². The standard InChI is InChI=1S/C34H43FN2O3/c1-3-25-8-6-9-28(24-25)32-30(10-7-11-31(32)35)34(39,19-4-5-23-40-2)29-17-21-37(22-18-29)33(38)27-14-12-26(13-15-27)16-20-36/h6-15,24,29,39H,3-5,16-23,36H2,1-2H3/t34-/m0/s1. The van der Waals surface area contributed by atoms with Crippen molar-refractivity contribution in [3.8, 4) is 11.1 Å². The maximum absolute atomic E-state index is 15.6. The Morgan fingerprint density at radius 2 is 1.77 bits per heavy atom. The number of carbonyl (C=O) groups excluding carboxylic acids is 1. The molecule has 0 spiro atoms. The van der Waals surface area contributed by atoms with Crippen LogP contribution >= 0.6 is 0 Å². The number of rotatable bonds is 12. The number of ether oxygens (including phenoxy) is 1. The summed E-state index contributed by atoms with van der Waals surface area (Å²) in [5, 5.41) is 12.5. The number of piperidine rings is 1. The molecule has 6 heteroatoms. The van der Waals surface area contributed by atoms with Crippen LogP contribution in [-0.2, 0) is 23.2 Å². The van der Waals surface area contributed by atoms with Crippen molar-refractivity contribution in [2.75, 3.05) is 33.4 Å². The van der Waals surface area contributed by atoms with Crippen LogP contribution in [0.5, 0.6) is 0 Å². The van der Waals surface area contributed by atoms with E-state index in [1.165, 1.54) is 6.07 Å². The highest BCUT2D eigenvalue weighted by Crippen LogP contribution is 2.45. The van der Waals surface area contributed by atoms with E-state index in [0.29, 0.717) is 62.2 Å². The van der Waals surface area contributed by atoms with E-state index in [-0.39, 0.29) is 17.6 Å². The Balaban J connectivity index is 1.60. The van der Waals surface area contributed by atoms with Gasteiger partial charge in [-0.1, -0.05) is 55.5 Å². The van der Waals surface area contributed by atoms with Gasteiger partial charge in [-0.15, -0.1) is 0 Å². The summed E-state index contributed by atoms with van der Waals surface area (Å²) in [6.45, 7) is 4.36. The first-order chi connectivity index (χ1) is 19.4. The van der Waals surface area contributed by atoms with Gasteiger partial charge in [-0.25, -0.2) is 4.39 Å². The average Bonchev–Trinajstić information content (AvgIpc) is 2.99. The second-order valence-corrected chi connectivity index (χ2v) is 10.9. The summed E-state index contributed by atoms with van der Waals surface area (Å²) in [7, 11) is 1.68. The molecule has 1 atom stereocenters.